The Balaban J connectivity index is 1.38. The van der Waals surface area contributed by atoms with E-state index >= 15 is 0 Å². The Hall–Kier alpha value is -3.68. The van der Waals surface area contributed by atoms with Crippen LogP contribution in [0, 0.1) is 11.7 Å². The molecule has 7 nitrogen and oxygen atoms in total. The molecule has 4 rings (SSSR count). The molecule has 0 saturated carbocycles. The number of nitrogens with zero attached hydrogens (tertiary/aromatic N) is 4. The largest absolute Gasteiger partial charge is 0.354 e. The van der Waals surface area contributed by atoms with Gasteiger partial charge in [0.1, 0.15) is 17.8 Å². The number of benzene rings is 1. The van der Waals surface area contributed by atoms with Crippen LogP contribution in [0.2, 0.25) is 0 Å². The van der Waals surface area contributed by atoms with Crippen molar-refractivity contribution in [2.45, 2.75) is 32.1 Å². The van der Waals surface area contributed by atoms with Crippen LogP contribution in [-0.4, -0.2) is 51.8 Å². The zero-order valence-electron chi connectivity index (χ0n) is 19.2. The van der Waals surface area contributed by atoms with Crippen LogP contribution >= 0.6 is 0 Å². The lowest BCUT2D eigenvalue weighted by atomic mass is 9.95. The maximum absolute atomic E-state index is 14.0. The van der Waals surface area contributed by atoms with E-state index in [4.69, 9.17) is 0 Å². The van der Waals surface area contributed by atoms with Crippen LogP contribution < -0.4 is 5.32 Å². The fourth-order valence-corrected chi connectivity index (χ4v) is 4.36. The van der Waals surface area contributed by atoms with E-state index in [2.05, 4.69) is 20.3 Å². The first-order valence-corrected chi connectivity index (χ1v) is 11.5. The van der Waals surface area contributed by atoms with Crippen molar-refractivity contribution in [1.29, 1.82) is 0 Å². The summed E-state index contributed by atoms with van der Waals surface area (Å²) in [5, 5.41) is 2.58. The van der Waals surface area contributed by atoms with Crippen molar-refractivity contribution >= 4 is 11.8 Å². The third-order valence-corrected chi connectivity index (χ3v) is 6.21. The molecule has 1 N–H and O–H groups in total. The molecule has 1 saturated heterocycles. The maximum atomic E-state index is 14.0. The summed E-state index contributed by atoms with van der Waals surface area (Å²) < 4.78 is 14.0. The summed E-state index contributed by atoms with van der Waals surface area (Å²) in [6, 6.07) is 11.8. The summed E-state index contributed by atoms with van der Waals surface area (Å²) in [5.74, 6) is -0.153. The van der Waals surface area contributed by atoms with Gasteiger partial charge in [0, 0.05) is 49.7 Å². The van der Waals surface area contributed by atoms with Crippen molar-refractivity contribution in [2.24, 2.45) is 5.92 Å². The molecular weight excluding hydrogens is 433 g/mol. The lowest BCUT2D eigenvalue weighted by Crippen LogP contribution is -2.32. The van der Waals surface area contributed by atoms with Gasteiger partial charge in [-0.05, 0) is 61.4 Å². The Morgan fingerprint density at radius 2 is 1.91 bits per heavy atom. The minimum atomic E-state index is -0.272. The van der Waals surface area contributed by atoms with Gasteiger partial charge in [0.2, 0.25) is 0 Å². The molecule has 34 heavy (non-hydrogen) atoms. The average Bonchev–Trinajstić information content (AvgIpc) is 3.10. The van der Waals surface area contributed by atoms with Gasteiger partial charge in [-0.2, -0.15) is 0 Å². The van der Waals surface area contributed by atoms with Crippen LogP contribution in [0.25, 0.3) is 0 Å². The van der Waals surface area contributed by atoms with Crippen molar-refractivity contribution in [3.63, 3.8) is 0 Å². The van der Waals surface area contributed by atoms with Crippen LogP contribution in [0.1, 0.15) is 57.1 Å². The van der Waals surface area contributed by atoms with E-state index in [0.717, 1.165) is 31.4 Å². The van der Waals surface area contributed by atoms with Crippen LogP contribution in [0.3, 0.4) is 0 Å². The second-order valence-corrected chi connectivity index (χ2v) is 8.57. The summed E-state index contributed by atoms with van der Waals surface area (Å²) in [6.45, 7) is 1.34. The molecule has 2 aromatic heterocycles. The zero-order chi connectivity index (χ0) is 23.9. The monoisotopic (exact) mass is 461 g/mol. The van der Waals surface area contributed by atoms with Crippen LogP contribution in [0.15, 0.2) is 55.0 Å². The Labute approximate surface area is 198 Å². The highest BCUT2D eigenvalue weighted by Gasteiger charge is 2.23. The van der Waals surface area contributed by atoms with E-state index < -0.39 is 0 Å². The zero-order valence-corrected chi connectivity index (χ0v) is 19.2. The van der Waals surface area contributed by atoms with Gasteiger partial charge >= 0.3 is 0 Å². The molecule has 1 aliphatic rings. The van der Waals surface area contributed by atoms with Crippen LogP contribution in [0.5, 0.6) is 0 Å². The number of carbonyl (C=O) groups excluding carboxylic acids is 2. The molecule has 0 bridgehead atoms. The first kappa shape index (κ1) is 23.5. The molecule has 0 radical (unpaired) electrons. The van der Waals surface area contributed by atoms with Gasteiger partial charge in [0.25, 0.3) is 11.8 Å². The lowest BCUT2D eigenvalue weighted by molar-refractivity contribution is 0.0759. The van der Waals surface area contributed by atoms with Crippen molar-refractivity contribution < 1.29 is 14.0 Å². The summed E-state index contributed by atoms with van der Waals surface area (Å²) >= 11 is 0. The number of likely N-dealkylation sites (tertiary alicyclic amines) is 1. The van der Waals surface area contributed by atoms with Gasteiger partial charge < -0.3 is 10.2 Å². The van der Waals surface area contributed by atoms with Gasteiger partial charge in [-0.25, -0.2) is 14.4 Å². The number of nitrogens with one attached hydrogen (secondary N) is 1. The van der Waals surface area contributed by atoms with Crippen molar-refractivity contribution in [2.75, 3.05) is 20.1 Å². The smallest absolute Gasteiger partial charge is 0.269 e. The SMILES string of the molecule is CNC(=O)c1cc(CC2CCCN(C(=O)c3ccnc(Cc4ccccc4F)c3)CC2)ncn1. The number of halogens is 1. The van der Waals surface area contributed by atoms with Crippen LogP contribution in [0.4, 0.5) is 4.39 Å². The summed E-state index contributed by atoms with van der Waals surface area (Å²) in [6.07, 6.45) is 6.87. The molecule has 3 heterocycles. The highest BCUT2D eigenvalue weighted by atomic mass is 19.1. The van der Waals surface area contributed by atoms with Gasteiger partial charge in [0.15, 0.2) is 0 Å². The molecule has 176 valence electrons. The normalized spacial score (nSPS) is 16.1. The highest BCUT2D eigenvalue weighted by molar-refractivity contribution is 5.94. The molecule has 1 atom stereocenters. The fraction of sp³-hybridized carbons (Fsp3) is 0.346. The molecule has 1 unspecified atom stereocenters. The fourth-order valence-electron chi connectivity index (χ4n) is 4.36. The number of hydrogen-bond donors (Lipinski definition) is 1. The first-order valence-electron chi connectivity index (χ1n) is 11.5. The summed E-state index contributed by atoms with van der Waals surface area (Å²) in [7, 11) is 1.58. The molecule has 3 aromatic rings. The van der Waals surface area contributed by atoms with Gasteiger partial charge in [-0.1, -0.05) is 18.2 Å². The Bertz CT molecular complexity index is 1170. The Morgan fingerprint density at radius 1 is 1.06 bits per heavy atom. The molecule has 8 heteroatoms. The minimum absolute atomic E-state index is 0.0261. The Kier molecular flexibility index (Phi) is 7.57. The van der Waals surface area contributed by atoms with Gasteiger partial charge in [-0.3, -0.25) is 14.6 Å². The molecule has 1 aliphatic heterocycles. The van der Waals surface area contributed by atoms with Crippen LogP contribution in [-0.2, 0) is 12.8 Å². The third-order valence-electron chi connectivity index (χ3n) is 6.21. The van der Waals surface area contributed by atoms with E-state index in [1.54, 1.807) is 49.6 Å². The predicted molar refractivity (Wildman–Crippen MR) is 126 cm³/mol. The predicted octanol–water partition coefficient (Wildman–Crippen LogP) is 3.45. The molecule has 0 spiro atoms. The molecule has 1 fully saturated rings. The Morgan fingerprint density at radius 3 is 2.74 bits per heavy atom. The van der Waals surface area contributed by atoms with Gasteiger partial charge in [0.05, 0.1) is 0 Å². The molecule has 2 amide bonds. The minimum Gasteiger partial charge on any atom is -0.354 e. The third kappa shape index (κ3) is 5.81. The molecular formula is C26H28FN5O2. The van der Waals surface area contributed by atoms with Crippen molar-refractivity contribution in [3.05, 3.63) is 89.0 Å². The topological polar surface area (TPSA) is 88.1 Å². The number of aromatic nitrogens is 3. The number of amides is 2. The summed E-state index contributed by atoms with van der Waals surface area (Å²) in [4.78, 5) is 39.6. The second kappa shape index (κ2) is 11.0. The number of pyridine rings is 1. The van der Waals surface area contributed by atoms with Crippen molar-refractivity contribution in [1.82, 2.24) is 25.2 Å². The van der Waals surface area contributed by atoms with E-state index in [1.165, 1.54) is 12.4 Å². The molecule has 1 aromatic carbocycles. The highest BCUT2D eigenvalue weighted by Crippen LogP contribution is 2.23. The first-order chi connectivity index (χ1) is 16.5. The van der Waals surface area contributed by atoms with Gasteiger partial charge in [-0.15, -0.1) is 0 Å². The number of carbonyl (C=O) groups is 2. The number of rotatable bonds is 6. The standard InChI is InChI=1S/C26H28FN5O2/c1-28-25(33)24-16-21(30-17-31-24)13-18-5-4-11-32(12-9-18)26(34)20-8-10-29-22(15-20)14-19-6-2-3-7-23(19)27/h2-3,6-8,10,15-18H,4-5,9,11-14H2,1H3,(H,28,33). The van der Waals surface area contributed by atoms with E-state index in [-0.39, 0.29) is 17.6 Å². The number of hydrogen-bond acceptors (Lipinski definition) is 5. The summed E-state index contributed by atoms with van der Waals surface area (Å²) in [5.41, 5.74) is 3.00. The van der Waals surface area contributed by atoms with E-state index in [0.29, 0.717) is 47.9 Å². The average molecular weight is 462 g/mol. The molecule has 0 aliphatic carbocycles. The lowest BCUT2D eigenvalue weighted by Gasteiger charge is -2.21. The quantitative estimate of drug-likeness (QED) is 0.608. The van der Waals surface area contributed by atoms with E-state index in [9.17, 15) is 14.0 Å². The van der Waals surface area contributed by atoms with Crippen molar-refractivity contribution in [3.8, 4) is 0 Å². The second-order valence-electron chi connectivity index (χ2n) is 8.57. The van der Waals surface area contributed by atoms with E-state index in [1.807, 2.05) is 4.90 Å². The maximum Gasteiger partial charge on any atom is 0.269 e.